The summed E-state index contributed by atoms with van der Waals surface area (Å²) in [6.07, 6.45) is 17.9. The topological polar surface area (TPSA) is 35.6 Å². The van der Waals surface area contributed by atoms with Gasteiger partial charge in [-0.1, -0.05) is 230 Å². The van der Waals surface area contributed by atoms with E-state index in [1.165, 1.54) is 156 Å². The van der Waals surface area contributed by atoms with E-state index in [9.17, 15) is 0 Å². The Bertz CT molecular complexity index is 3490. The van der Waals surface area contributed by atoms with Crippen LogP contribution in [0.5, 0.6) is 0 Å². The third kappa shape index (κ3) is 8.65. The van der Waals surface area contributed by atoms with Crippen LogP contribution in [0.1, 0.15) is 115 Å². The van der Waals surface area contributed by atoms with Gasteiger partial charge in [0, 0.05) is 55.0 Å². The average molecular weight is 951 g/mol. The van der Waals surface area contributed by atoms with Gasteiger partial charge in [-0.05, 0) is 89.7 Å². The molecule has 8 aromatic carbocycles. The third-order valence-corrected chi connectivity index (χ3v) is 16.1. The molecule has 0 amide bonds. The quantitative estimate of drug-likeness (QED) is 0.0757. The molecule has 362 valence electrons. The van der Waals surface area contributed by atoms with Gasteiger partial charge in [0.25, 0.3) is 0 Å². The highest BCUT2D eigenvalue weighted by Crippen LogP contribution is 2.55. The number of nitrogens with zero attached hydrogens (tertiary/aromatic N) is 4. The lowest BCUT2D eigenvalue weighted by Gasteiger charge is -2.33. The van der Waals surface area contributed by atoms with Crippen molar-refractivity contribution in [3.8, 4) is 56.4 Å². The van der Waals surface area contributed by atoms with Gasteiger partial charge in [0.15, 0.2) is 5.82 Å². The number of aromatic nitrogens is 4. The van der Waals surface area contributed by atoms with E-state index in [4.69, 9.17) is 9.97 Å². The summed E-state index contributed by atoms with van der Waals surface area (Å²) in [5, 5.41) is 4.92. The highest BCUT2D eigenvalue weighted by atomic mass is 15.0. The molecule has 0 saturated carbocycles. The van der Waals surface area contributed by atoms with Crippen molar-refractivity contribution < 1.29 is 0 Å². The lowest BCUT2D eigenvalue weighted by molar-refractivity contribution is 0.398. The Morgan fingerprint density at radius 2 is 0.781 bits per heavy atom. The molecule has 12 rings (SSSR count). The first-order valence-electron chi connectivity index (χ1n) is 27.5. The average Bonchev–Trinajstić information content (AvgIpc) is 4.07. The number of hydrogen-bond acceptors (Lipinski definition) is 2. The normalized spacial score (nSPS) is 12.8. The zero-order valence-electron chi connectivity index (χ0n) is 42.7. The maximum Gasteiger partial charge on any atom is 0.160 e. The second kappa shape index (κ2) is 20.5. The van der Waals surface area contributed by atoms with Crippen molar-refractivity contribution >= 4 is 43.6 Å². The van der Waals surface area contributed by atoms with E-state index >= 15 is 0 Å². The second-order valence-electron chi connectivity index (χ2n) is 20.7. The smallest absolute Gasteiger partial charge is 0.160 e. The number of rotatable bonds is 19. The Hall–Kier alpha value is -7.56. The fourth-order valence-corrected chi connectivity index (χ4v) is 12.6. The first kappa shape index (κ1) is 46.5. The van der Waals surface area contributed by atoms with Gasteiger partial charge in [-0.2, -0.15) is 0 Å². The van der Waals surface area contributed by atoms with E-state index in [-0.39, 0.29) is 5.41 Å². The van der Waals surface area contributed by atoms with E-state index in [0.717, 1.165) is 39.5 Å². The minimum absolute atomic E-state index is 0.0383. The molecule has 0 fully saturated rings. The lowest BCUT2D eigenvalue weighted by atomic mass is 9.70. The molecule has 0 N–H and O–H groups in total. The van der Waals surface area contributed by atoms with E-state index in [1.807, 2.05) is 0 Å². The van der Waals surface area contributed by atoms with Crippen molar-refractivity contribution in [2.24, 2.45) is 0 Å². The van der Waals surface area contributed by atoms with Gasteiger partial charge in [-0.25, -0.2) is 9.97 Å². The molecule has 11 aromatic rings. The Morgan fingerprint density at radius 3 is 1.32 bits per heavy atom. The highest BCUT2D eigenvalue weighted by Gasteiger charge is 2.42. The van der Waals surface area contributed by atoms with Crippen molar-refractivity contribution in [3.05, 3.63) is 205 Å². The van der Waals surface area contributed by atoms with Gasteiger partial charge in [0.2, 0.25) is 0 Å². The molecular formula is C69H66N4. The van der Waals surface area contributed by atoms with Crippen LogP contribution in [-0.4, -0.2) is 19.1 Å². The first-order valence-corrected chi connectivity index (χ1v) is 27.5. The summed E-state index contributed by atoms with van der Waals surface area (Å²) < 4.78 is 4.86. The molecule has 0 radical (unpaired) electrons. The SMILES string of the molecule is CCCCCCCCC1(CCCCCCCC)c2ccccc2-c2ccc(-c3cc(-c4ccccc4)nc(-c4cc(-n5c6ccccc6c6ccccc65)cc(-n5c6ccccc6c6ccccc65)c4)n3)cc21. The molecule has 0 unspecified atom stereocenters. The third-order valence-electron chi connectivity index (χ3n) is 16.1. The van der Waals surface area contributed by atoms with Gasteiger partial charge in [-0.15, -0.1) is 0 Å². The van der Waals surface area contributed by atoms with Crippen molar-refractivity contribution in [2.75, 3.05) is 0 Å². The molecule has 0 bridgehead atoms. The van der Waals surface area contributed by atoms with E-state index < -0.39 is 0 Å². The number of fused-ring (bicyclic) bond motifs is 9. The van der Waals surface area contributed by atoms with Crippen LogP contribution >= 0.6 is 0 Å². The van der Waals surface area contributed by atoms with Crippen LogP contribution in [0.15, 0.2) is 194 Å². The van der Waals surface area contributed by atoms with Crippen LogP contribution < -0.4 is 0 Å². The fraction of sp³-hybridized carbons (Fsp3) is 0.246. The first-order chi connectivity index (χ1) is 36.1. The van der Waals surface area contributed by atoms with Crippen LogP contribution in [0.3, 0.4) is 0 Å². The molecule has 0 spiro atoms. The molecular weight excluding hydrogens is 885 g/mol. The van der Waals surface area contributed by atoms with E-state index in [0.29, 0.717) is 5.82 Å². The van der Waals surface area contributed by atoms with Crippen molar-refractivity contribution in [1.29, 1.82) is 0 Å². The van der Waals surface area contributed by atoms with Crippen LogP contribution in [0.4, 0.5) is 0 Å². The molecule has 1 aliphatic rings. The van der Waals surface area contributed by atoms with E-state index in [1.54, 1.807) is 0 Å². The minimum Gasteiger partial charge on any atom is -0.309 e. The number of hydrogen-bond donors (Lipinski definition) is 0. The zero-order valence-corrected chi connectivity index (χ0v) is 42.7. The summed E-state index contributed by atoms with van der Waals surface area (Å²) in [5.41, 5.74) is 17.6. The number of para-hydroxylation sites is 4. The standard InChI is InChI=1S/C69H66N4/c1-3-5-7-9-11-26-42-69(43-27-12-10-8-6-4-2)60-35-21-16-30-54(60)55-41-40-50(46-61(55)69)63-48-62(49-28-14-13-15-29-49)70-68(71-63)51-44-52(72-64-36-22-17-31-56(64)57-32-18-23-37-65(57)72)47-53(45-51)73-66-38-24-19-33-58(66)59-34-20-25-39-67(59)73/h13-25,28-41,44-48H,3-12,26-27,42-43H2,1-2H3. The molecule has 73 heavy (non-hydrogen) atoms. The van der Waals surface area contributed by atoms with Gasteiger partial charge in [0.1, 0.15) is 0 Å². The summed E-state index contributed by atoms with van der Waals surface area (Å²) >= 11 is 0. The molecule has 0 aliphatic heterocycles. The molecule has 0 atom stereocenters. The highest BCUT2D eigenvalue weighted by molar-refractivity contribution is 6.10. The van der Waals surface area contributed by atoms with Crippen LogP contribution in [0.25, 0.3) is 100 Å². The zero-order chi connectivity index (χ0) is 49.1. The maximum atomic E-state index is 5.69. The minimum atomic E-state index is -0.0383. The fourth-order valence-electron chi connectivity index (χ4n) is 12.6. The molecule has 0 saturated heterocycles. The molecule has 4 heteroatoms. The summed E-state index contributed by atoms with van der Waals surface area (Å²) in [5.74, 6) is 0.704. The largest absolute Gasteiger partial charge is 0.309 e. The summed E-state index contributed by atoms with van der Waals surface area (Å²) in [6, 6.07) is 71.7. The van der Waals surface area contributed by atoms with Gasteiger partial charge in [0.05, 0.1) is 33.5 Å². The van der Waals surface area contributed by atoms with Crippen molar-refractivity contribution in [1.82, 2.24) is 19.1 Å². The Balaban J connectivity index is 1.05. The Labute approximate surface area is 431 Å². The number of benzene rings is 8. The molecule has 3 aromatic heterocycles. The summed E-state index contributed by atoms with van der Waals surface area (Å²) in [6.45, 7) is 4.63. The summed E-state index contributed by atoms with van der Waals surface area (Å²) in [7, 11) is 0. The predicted octanol–water partition coefficient (Wildman–Crippen LogP) is 19.4. The Kier molecular flexibility index (Phi) is 13.1. The van der Waals surface area contributed by atoms with Crippen molar-refractivity contribution in [2.45, 2.75) is 109 Å². The Morgan fingerprint density at radius 1 is 0.342 bits per heavy atom. The molecule has 1 aliphatic carbocycles. The maximum absolute atomic E-state index is 5.69. The van der Waals surface area contributed by atoms with Gasteiger partial charge >= 0.3 is 0 Å². The van der Waals surface area contributed by atoms with E-state index in [2.05, 4.69) is 217 Å². The lowest BCUT2D eigenvalue weighted by Crippen LogP contribution is -2.25. The van der Waals surface area contributed by atoms with Crippen LogP contribution in [-0.2, 0) is 5.41 Å². The predicted molar refractivity (Wildman–Crippen MR) is 309 cm³/mol. The number of unbranched alkanes of at least 4 members (excludes halogenated alkanes) is 10. The van der Waals surface area contributed by atoms with Crippen LogP contribution in [0, 0.1) is 0 Å². The van der Waals surface area contributed by atoms with Crippen LogP contribution in [0.2, 0.25) is 0 Å². The summed E-state index contributed by atoms with van der Waals surface area (Å²) in [4.78, 5) is 11.2. The molecule has 4 nitrogen and oxygen atoms in total. The van der Waals surface area contributed by atoms with Crippen molar-refractivity contribution in [3.63, 3.8) is 0 Å². The monoisotopic (exact) mass is 951 g/mol. The molecule has 3 heterocycles. The van der Waals surface area contributed by atoms with Gasteiger partial charge in [-0.3, -0.25) is 0 Å². The second-order valence-corrected chi connectivity index (χ2v) is 20.7. The van der Waals surface area contributed by atoms with Gasteiger partial charge < -0.3 is 9.13 Å².